The lowest BCUT2D eigenvalue weighted by molar-refractivity contribution is 0.189. The Kier molecular flexibility index (Phi) is 4.11. The highest BCUT2D eigenvalue weighted by Crippen LogP contribution is 2.24. The van der Waals surface area contributed by atoms with Crippen molar-refractivity contribution in [3.05, 3.63) is 0 Å². The van der Waals surface area contributed by atoms with Gasteiger partial charge in [-0.3, -0.25) is 0 Å². The maximum absolute atomic E-state index is 3.67. The van der Waals surface area contributed by atoms with Crippen LogP contribution in [0.3, 0.4) is 0 Å². The van der Waals surface area contributed by atoms with E-state index >= 15 is 0 Å². The third-order valence-electron chi connectivity index (χ3n) is 4.08. The highest BCUT2D eigenvalue weighted by molar-refractivity contribution is 4.88. The first-order chi connectivity index (χ1) is 7.96. The largest absolute Gasteiger partial charge is 0.313 e. The van der Waals surface area contributed by atoms with Gasteiger partial charge in [0.2, 0.25) is 0 Å². The molecule has 3 heteroatoms. The number of rotatable bonds is 6. The lowest BCUT2D eigenvalue weighted by Gasteiger charge is -2.31. The topological polar surface area (TPSA) is 18.5 Å². The molecule has 0 aromatic carbocycles. The van der Waals surface area contributed by atoms with E-state index in [0.717, 1.165) is 12.1 Å². The van der Waals surface area contributed by atoms with Crippen LogP contribution in [0.1, 0.15) is 33.1 Å². The Balaban J connectivity index is 1.71. The van der Waals surface area contributed by atoms with Crippen LogP contribution in [-0.2, 0) is 0 Å². The van der Waals surface area contributed by atoms with E-state index in [2.05, 4.69) is 43.1 Å². The normalized spacial score (nSPS) is 27.0. The van der Waals surface area contributed by atoms with Gasteiger partial charge in [-0.1, -0.05) is 13.8 Å². The van der Waals surface area contributed by atoms with E-state index in [-0.39, 0.29) is 0 Å². The molecule has 1 saturated heterocycles. The fourth-order valence-corrected chi connectivity index (χ4v) is 2.75. The van der Waals surface area contributed by atoms with Crippen LogP contribution in [0.2, 0.25) is 0 Å². The van der Waals surface area contributed by atoms with Gasteiger partial charge < -0.3 is 15.1 Å². The standard InChI is InChI=1S/C14H29N3/c1-14(2,10-15-12-5-6-12)11-17-8-7-13(9-17)16(3)4/h12-13,15H,5-11H2,1-4H3. The summed E-state index contributed by atoms with van der Waals surface area (Å²) in [7, 11) is 4.40. The molecule has 0 bridgehead atoms. The molecule has 1 heterocycles. The van der Waals surface area contributed by atoms with E-state index in [0.29, 0.717) is 5.41 Å². The molecule has 0 aromatic rings. The molecule has 1 unspecified atom stereocenters. The summed E-state index contributed by atoms with van der Waals surface area (Å²) in [4.78, 5) is 5.01. The van der Waals surface area contributed by atoms with Gasteiger partial charge in [0.15, 0.2) is 0 Å². The van der Waals surface area contributed by atoms with Gasteiger partial charge in [0, 0.05) is 31.7 Å². The summed E-state index contributed by atoms with van der Waals surface area (Å²) in [5.74, 6) is 0. The fourth-order valence-electron chi connectivity index (χ4n) is 2.75. The minimum atomic E-state index is 0.407. The van der Waals surface area contributed by atoms with Crippen molar-refractivity contribution in [3.63, 3.8) is 0 Å². The second-order valence-corrected chi connectivity index (χ2v) is 6.96. The Bertz CT molecular complexity index is 246. The smallest absolute Gasteiger partial charge is 0.0229 e. The van der Waals surface area contributed by atoms with E-state index in [1.165, 1.54) is 45.4 Å². The second kappa shape index (κ2) is 5.25. The lowest BCUT2D eigenvalue weighted by atomic mass is 9.92. The summed E-state index contributed by atoms with van der Waals surface area (Å²) in [6.45, 7) is 9.71. The van der Waals surface area contributed by atoms with E-state index in [9.17, 15) is 0 Å². The molecule has 2 aliphatic rings. The zero-order valence-corrected chi connectivity index (χ0v) is 12.0. The van der Waals surface area contributed by atoms with E-state index in [1.807, 2.05) is 0 Å². The predicted molar refractivity (Wildman–Crippen MR) is 73.3 cm³/mol. The van der Waals surface area contributed by atoms with Crippen LogP contribution in [-0.4, -0.2) is 62.2 Å². The third kappa shape index (κ3) is 4.23. The summed E-state index contributed by atoms with van der Waals surface area (Å²) in [6, 6.07) is 1.60. The van der Waals surface area contributed by atoms with Gasteiger partial charge in [0.1, 0.15) is 0 Å². The van der Waals surface area contributed by atoms with Crippen LogP contribution in [0.25, 0.3) is 0 Å². The van der Waals surface area contributed by atoms with Crippen molar-refractivity contribution >= 4 is 0 Å². The molecule has 0 radical (unpaired) electrons. The second-order valence-electron chi connectivity index (χ2n) is 6.96. The maximum Gasteiger partial charge on any atom is 0.0229 e. The van der Waals surface area contributed by atoms with Crippen LogP contribution >= 0.6 is 0 Å². The van der Waals surface area contributed by atoms with Gasteiger partial charge in [-0.05, 0) is 45.3 Å². The Morgan fingerprint density at radius 3 is 2.47 bits per heavy atom. The summed E-state index contributed by atoms with van der Waals surface area (Å²) >= 11 is 0. The first kappa shape index (κ1) is 13.3. The Labute approximate surface area is 107 Å². The zero-order chi connectivity index (χ0) is 12.5. The fraction of sp³-hybridized carbons (Fsp3) is 1.00. The monoisotopic (exact) mass is 239 g/mol. The van der Waals surface area contributed by atoms with Crippen molar-refractivity contribution in [3.8, 4) is 0 Å². The Hall–Kier alpha value is -0.120. The summed E-state index contributed by atoms with van der Waals surface area (Å²) in [6.07, 6.45) is 4.12. The number of likely N-dealkylation sites (N-methyl/N-ethyl adjacent to an activating group) is 1. The molecule has 1 saturated carbocycles. The van der Waals surface area contributed by atoms with Crippen LogP contribution in [0, 0.1) is 5.41 Å². The summed E-state index contributed by atoms with van der Waals surface area (Å²) in [5.41, 5.74) is 0.407. The van der Waals surface area contributed by atoms with Gasteiger partial charge in [-0.15, -0.1) is 0 Å². The molecule has 2 rings (SSSR count). The van der Waals surface area contributed by atoms with Gasteiger partial charge in [0.05, 0.1) is 0 Å². The van der Waals surface area contributed by atoms with Crippen LogP contribution in [0.5, 0.6) is 0 Å². The predicted octanol–water partition coefficient (Wildman–Crippen LogP) is 1.40. The number of nitrogens with zero attached hydrogens (tertiary/aromatic N) is 2. The van der Waals surface area contributed by atoms with E-state index in [4.69, 9.17) is 0 Å². The lowest BCUT2D eigenvalue weighted by Crippen LogP contribution is -2.41. The average Bonchev–Trinajstić information content (AvgIpc) is 2.95. The van der Waals surface area contributed by atoms with Crippen molar-refractivity contribution in [2.45, 2.75) is 45.2 Å². The van der Waals surface area contributed by atoms with Gasteiger partial charge in [0.25, 0.3) is 0 Å². The molecule has 1 N–H and O–H groups in total. The van der Waals surface area contributed by atoms with Crippen LogP contribution in [0.15, 0.2) is 0 Å². The molecular weight excluding hydrogens is 210 g/mol. The molecule has 17 heavy (non-hydrogen) atoms. The van der Waals surface area contributed by atoms with Crippen LogP contribution < -0.4 is 5.32 Å². The van der Waals surface area contributed by atoms with Crippen molar-refractivity contribution in [2.24, 2.45) is 5.41 Å². The number of likely N-dealkylation sites (tertiary alicyclic amines) is 1. The van der Waals surface area contributed by atoms with E-state index < -0.39 is 0 Å². The van der Waals surface area contributed by atoms with Crippen LogP contribution in [0.4, 0.5) is 0 Å². The van der Waals surface area contributed by atoms with Crippen molar-refractivity contribution < 1.29 is 0 Å². The number of nitrogens with one attached hydrogen (secondary N) is 1. The third-order valence-corrected chi connectivity index (χ3v) is 4.08. The maximum atomic E-state index is 3.67. The molecular formula is C14H29N3. The van der Waals surface area contributed by atoms with Gasteiger partial charge in [-0.2, -0.15) is 0 Å². The molecule has 0 spiro atoms. The minimum Gasteiger partial charge on any atom is -0.313 e. The molecule has 100 valence electrons. The summed E-state index contributed by atoms with van der Waals surface area (Å²) in [5, 5.41) is 3.67. The zero-order valence-electron chi connectivity index (χ0n) is 12.0. The Morgan fingerprint density at radius 2 is 1.94 bits per heavy atom. The SMILES string of the molecule is CN(C)C1CCN(CC(C)(C)CNC2CC2)C1. The molecule has 0 amide bonds. The molecule has 1 atom stereocenters. The quantitative estimate of drug-likeness (QED) is 0.756. The van der Waals surface area contributed by atoms with Crippen molar-refractivity contribution in [1.82, 2.24) is 15.1 Å². The molecule has 0 aromatic heterocycles. The molecule has 3 nitrogen and oxygen atoms in total. The Morgan fingerprint density at radius 1 is 1.24 bits per heavy atom. The minimum absolute atomic E-state index is 0.407. The summed E-state index contributed by atoms with van der Waals surface area (Å²) < 4.78 is 0. The molecule has 2 fully saturated rings. The molecule has 1 aliphatic heterocycles. The first-order valence-corrected chi connectivity index (χ1v) is 7.08. The number of hydrogen-bond acceptors (Lipinski definition) is 3. The first-order valence-electron chi connectivity index (χ1n) is 7.08. The highest BCUT2D eigenvalue weighted by Gasteiger charge is 2.30. The average molecular weight is 239 g/mol. The van der Waals surface area contributed by atoms with Gasteiger partial charge in [-0.25, -0.2) is 0 Å². The molecule has 1 aliphatic carbocycles. The van der Waals surface area contributed by atoms with E-state index in [1.54, 1.807) is 0 Å². The highest BCUT2D eigenvalue weighted by atomic mass is 15.2. The van der Waals surface area contributed by atoms with Gasteiger partial charge >= 0.3 is 0 Å². The number of hydrogen-bond donors (Lipinski definition) is 1. The van der Waals surface area contributed by atoms with Crippen molar-refractivity contribution in [2.75, 3.05) is 40.3 Å². The van der Waals surface area contributed by atoms with Crippen molar-refractivity contribution in [1.29, 1.82) is 0 Å².